The quantitative estimate of drug-likeness (QED) is 0.561. The molecule has 1 aromatic rings. The second kappa shape index (κ2) is 7.07. The molecular formula is C14H21BrClNO2Si. The number of nitrogens with zero attached hydrogens (tertiary/aromatic N) is 1. The molecule has 0 spiro atoms. The molecule has 20 heavy (non-hydrogen) atoms. The molecule has 0 saturated heterocycles. The van der Waals surface area contributed by atoms with E-state index in [4.69, 9.17) is 9.16 Å². The molecule has 6 heteroatoms. The van der Waals surface area contributed by atoms with Crippen molar-refractivity contribution in [3.8, 4) is 5.75 Å². The average Bonchev–Trinajstić information content (AvgIpc) is 2.25. The standard InChI is InChI=1S/C14H21BrNO2Si.ClH/c1-11(18-19(2,3)4)8-16-9-12-7-13(15)5-6-14(12)17-10-16;/h5-7,9,11H,8,10H2,1-4H3;1H/q+1;/p-1. The number of ether oxygens (including phenoxy) is 1. The zero-order chi connectivity index (χ0) is 14.0. The SMILES string of the molecule is CC(C[N+]1=Cc2cc(Br)ccc2OC1)O[Si](C)(C)C.[Cl-]. The summed E-state index contributed by atoms with van der Waals surface area (Å²) >= 11 is 3.49. The fourth-order valence-electron chi connectivity index (χ4n) is 2.21. The Kier molecular flexibility index (Phi) is 6.25. The van der Waals surface area contributed by atoms with Crippen LogP contribution in [0.15, 0.2) is 22.7 Å². The Morgan fingerprint density at radius 2 is 2.10 bits per heavy atom. The summed E-state index contributed by atoms with van der Waals surface area (Å²) in [5.41, 5.74) is 1.11. The van der Waals surface area contributed by atoms with Crippen LogP contribution in [0.25, 0.3) is 0 Å². The highest BCUT2D eigenvalue weighted by molar-refractivity contribution is 9.10. The predicted molar refractivity (Wildman–Crippen MR) is 83.8 cm³/mol. The van der Waals surface area contributed by atoms with Gasteiger partial charge < -0.3 is 21.6 Å². The Balaban J connectivity index is 0.00000200. The second-order valence-electron chi connectivity index (χ2n) is 5.90. The van der Waals surface area contributed by atoms with Crippen molar-refractivity contribution in [2.75, 3.05) is 13.3 Å². The molecule has 0 saturated carbocycles. The third-order valence-corrected chi connectivity index (χ3v) is 4.33. The van der Waals surface area contributed by atoms with Crippen LogP contribution in [0.5, 0.6) is 5.75 Å². The first-order chi connectivity index (χ1) is 8.83. The van der Waals surface area contributed by atoms with Gasteiger partial charge in [-0.1, -0.05) is 15.9 Å². The maximum atomic E-state index is 6.06. The van der Waals surface area contributed by atoms with Gasteiger partial charge in [0.25, 0.3) is 6.73 Å². The lowest BCUT2D eigenvalue weighted by molar-refractivity contribution is -0.562. The van der Waals surface area contributed by atoms with Crippen LogP contribution < -0.4 is 17.1 Å². The Bertz CT molecular complexity index is 502. The summed E-state index contributed by atoms with van der Waals surface area (Å²) in [6.07, 6.45) is 2.37. The molecule has 0 aromatic heterocycles. The number of halogens is 2. The average molecular weight is 379 g/mol. The van der Waals surface area contributed by atoms with Gasteiger partial charge in [0.05, 0.1) is 5.56 Å². The highest BCUT2D eigenvalue weighted by atomic mass is 79.9. The summed E-state index contributed by atoms with van der Waals surface area (Å²) in [5, 5.41) is 0. The van der Waals surface area contributed by atoms with E-state index in [1.807, 2.05) is 12.1 Å². The molecular weight excluding hydrogens is 358 g/mol. The summed E-state index contributed by atoms with van der Waals surface area (Å²) in [7, 11) is -1.47. The molecule has 1 aliphatic rings. The third kappa shape index (κ3) is 5.20. The van der Waals surface area contributed by atoms with Crippen LogP contribution in [-0.2, 0) is 4.43 Å². The molecule has 2 rings (SSSR count). The fraction of sp³-hybridized carbons (Fsp3) is 0.500. The smallest absolute Gasteiger partial charge is 0.287 e. The number of fused-ring (bicyclic) bond motifs is 1. The van der Waals surface area contributed by atoms with Gasteiger partial charge in [-0.05, 0) is 44.8 Å². The summed E-state index contributed by atoms with van der Waals surface area (Å²) in [4.78, 5) is 0. The molecule has 112 valence electrons. The van der Waals surface area contributed by atoms with Crippen LogP contribution in [0, 0.1) is 0 Å². The van der Waals surface area contributed by atoms with Gasteiger partial charge in [0.2, 0.25) is 0 Å². The van der Waals surface area contributed by atoms with E-state index in [1.165, 1.54) is 0 Å². The fourth-order valence-corrected chi connectivity index (χ4v) is 3.87. The lowest BCUT2D eigenvalue weighted by Gasteiger charge is -2.23. The van der Waals surface area contributed by atoms with Crippen molar-refractivity contribution in [3.63, 3.8) is 0 Å². The van der Waals surface area contributed by atoms with Crippen molar-refractivity contribution in [3.05, 3.63) is 28.2 Å². The molecule has 0 radical (unpaired) electrons. The van der Waals surface area contributed by atoms with Crippen LogP contribution in [0.3, 0.4) is 0 Å². The van der Waals surface area contributed by atoms with E-state index in [-0.39, 0.29) is 18.5 Å². The van der Waals surface area contributed by atoms with E-state index in [0.29, 0.717) is 6.73 Å². The van der Waals surface area contributed by atoms with E-state index in [9.17, 15) is 0 Å². The van der Waals surface area contributed by atoms with Gasteiger partial charge in [-0.15, -0.1) is 0 Å². The van der Waals surface area contributed by atoms with E-state index >= 15 is 0 Å². The number of hydrogen-bond donors (Lipinski definition) is 0. The second-order valence-corrected chi connectivity index (χ2v) is 11.3. The minimum absolute atomic E-state index is 0. The zero-order valence-corrected chi connectivity index (χ0v) is 15.7. The van der Waals surface area contributed by atoms with Crippen molar-refractivity contribution in [1.82, 2.24) is 0 Å². The summed E-state index contributed by atoms with van der Waals surface area (Å²) < 4.78 is 15.1. The maximum Gasteiger partial charge on any atom is 0.287 e. The molecule has 1 aromatic carbocycles. The van der Waals surface area contributed by atoms with Gasteiger partial charge in [-0.3, -0.25) is 0 Å². The molecule has 0 bridgehead atoms. The molecule has 1 heterocycles. The Hall–Kier alpha value is -0.363. The van der Waals surface area contributed by atoms with Crippen molar-refractivity contribution in [2.45, 2.75) is 32.7 Å². The third-order valence-electron chi connectivity index (χ3n) is 2.73. The van der Waals surface area contributed by atoms with Gasteiger partial charge in [0.15, 0.2) is 21.1 Å². The monoisotopic (exact) mass is 377 g/mol. The van der Waals surface area contributed by atoms with E-state index in [1.54, 1.807) is 0 Å². The first-order valence-electron chi connectivity index (χ1n) is 6.52. The largest absolute Gasteiger partial charge is 1.00 e. The summed E-state index contributed by atoms with van der Waals surface area (Å²) in [6.45, 7) is 10.2. The van der Waals surface area contributed by atoms with Gasteiger partial charge >= 0.3 is 0 Å². The van der Waals surface area contributed by atoms with Crippen molar-refractivity contribution in [2.24, 2.45) is 0 Å². The molecule has 1 aliphatic heterocycles. The Labute approximate surface area is 136 Å². The van der Waals surface area contributed by atoms with E-state index in [0.717, 1.165) is 22.3 Å². The lowest BCUT2D eigenvalue weighted by Crippen LogP contribution is -3.00. The van der Waals surface area contributed by atoms with Gasteiger partial charge in [0.1, 0.15) is 11.9 Å². The van der Waals surface area contributed by atoms with Crippen LogP contribution >= 0.6 is 15.9 Å². The van der Waals surface area contributed by atoms with Crippen molar-refractivity contribution in [1.29, 1.82) is 0 Å². The number of benzene rings is 1. The maximum absolute atomic E-state index is 6.06. The zero-order valence-electron chi connectivity index (χ0n) is 12.3. The van der Waals surface area contributed by atoms with Gasteiger partial charge in [0, 0.05) is 4.47 Å². The Morgan fingerprint density at radius 3 is 2.75 bits per heavy atom. The highest BCUT2D eigenvalue weighted by Gasteiger charge is 2.23. The van der Waals surface area contributed by atoms with Crippen LogP contribution in [0.4, 0.5) is 0 Å². The normalized spacial score (nSPS) is 15.6. The minimum atomic E-state index is -1.47. The summed E-state index contributed by atoms with van der Waals surface area (Å²) in [5.74, 6) is 0.943. The molecule has 0 amide bonds. The van der Waals surface area contributed by atoms with Gasteiger partial charge in [-0.25, -0.2) is 0 Å². The van der Waals surface area contributed by atoms with Crippen LogP contribution in [-0.4, -0.2) is 38.5 Å². The van der Waals surface area contributed by atoms with E-state index < -0.39 is 8.32 Å². The molecule has 0 aliphatic carbocycles. The summed E-state index contributed by atoms with van der Waals surface area (Å²) in [6, 6.07) is 6.07. The number of rotatable bonds is 4. The molecule has 1 atom stereocenters. The highest BCUT2D eigenvalue weighted by Crippen LogP contribution is 2.23. The first kappa shape index (κ1) is 17.7. The van der Waals surface area contributed by atoms with Crippen molar-refractivity contribution < 1.29 is 26.1 Å². The minimum Gasteiger partial charge on any atom is -1.00 e. The lowest BCUT2D eigenvalue weighted by atomic mass is 10.2. The van der Waals surface area contributed by atoms with Crippen molar-refractivity contribution >= 4 is 30.5 Å². The number of hydrogen-bond acceptors (Lipinski definition) is 2. The molecule has 1 unspecified atom stereocenters. The van der Waals surface area contributed by atoms with Gasteiger partial charge in [-0.2, -0.15) is 4.58 Å². The Morgan fingerprint density at radius 1 is 1.40 bits per heavy atom. The molecule has 3 nitrogen and oxygen atoms in total. The van der Waals surface area contributed by atoms with Crippen LogP contribution in [0.1, 0.15) is 12.5 Å². The topological polar surface area (TPSA) is 21.5 Å². The first-order valence-corrected chi connectivity index (χ1v) is 10.7. The van der Waals surface area contributed by atoms with E-state index in [2.05, 4.69) is 59.4 Å². The molecule has 0 N–H and O–H groups in total. The predicted octanol–water partition coefficient (Wildman–Crippen LogP) is 0.474. The molecule has 0 fully saturated rings. The van der Waals surface area contributed by atoms with Crippen LogP contribution in [0.2, 0.25) is 19.6 Å².